The van der Waals surface area contributed by atoms with Crippen LogP contribution in [0, 0.1) is 5.82 Å². The summed E-state index contributed by atoms with van der Waals surface area (Å²) in [5.74, 6) is -0.720. The van der Waals surface area contributed by atoms with E-state index in [4.69, 9.17) is 0 Å². The van der Waals surface area contributed by atoms with Gasteiger partial charge >= 0.3 is 0 Å². The quantitative estimate of drug-likeness (QED) is 0.830. The van der Waals surface area contributed by atoms with E-state index < -0.39 is 15.8 Å². The van der Waals surface area contributed by atoms with Crippen LogP contribution in [0.15, 0.2) is 29.2 Å². The minimum Gasteiger partial charge on any atom is -0.335 e. The summed E-state index contributed by atoms with van der Waals surface area (Å²) in [6.45, 7) is 6.14. The Balaban J connectivity index is 2.21. The first-order chi connectivity index (χ1) is 9.62. The molecule has 1 aliphatic heterocycles. The van der Waals surface area contributed by atoms with Crippen molar-refractivity contribution in [2.45, 2.75) is 31.2 Å². The Kier molecular flexibility index (Phi) is 4.08. The number of amides is 1. The molecule has 1 heterocycles. The average Bonchev–Trinajstić information content (AvgIpc) is 2.37. The van der Waals surface area contributed by atoms with E-state index in [1.807, 2.05) is 20.8 Å². The molecule has 0 N–H and O–H groups in total. The highest BCUT2D eigenvalue weighted by atomic mass is 32.2. The number of benzene rings is 1. The van der Waals surface area contributed by atoms with Crippen molar-refractivity contribution in [2.24, 2.45) is 0 Å². The van der Waals surface area contributed by atoms with E-state index in [0.29, 0.717) is 6.54 Å². The van der Waals surface area contributed by atoms with Crippen LogP contribution in [0.1, 0.15) is 20.8 Å². The van der Waals surface area contributed by atoms with Crippen molar-refractivity contribution in [3.63, 3.8) is 0 Å². The van der Waals surface area contributed by atoms with Gasteiger partial charge in [0.05, 0.1) is 11.4 Å². The van der Waals surface area contributed by atoms with Crippen LogP contribution in [0.25, 0.3) is 0 Å². The summed E-state index contributed by atoms with van der Waals surface area (Å²) < 4.78 is 38.9. The predicted octanol–water partition coefficient (Wildman–Crippen LogP) is 1.46. The second-order valence-electron chi connectivity index (χ2n) is 6.01. The molecular formula is C14H19FN2O3S. The topological polar surface area (TPSA) is 57.7 Å². The number of piperazine rings is 1. The molecule has 1 aromatic carbocycles. The summed E-state index contributed by atoms with van der Waals surface area (Å²) in [6.07, 6.45) is 0. The van der Waals surface area contributed by atoms with Crippen molar-refractivity contribution in [1.82, 2.24) is 9.21 Å². The van der Waals surface area contributed by atoms with E-state index in [2.05, 4.69) is 0 Å². The Morgan fingerprint density at radius 2 is 1.67 bits per heavy atom. The van der Waals surface area contributed by atoms with Gasteiger partial charge in [-0.1, -0.05) is 0 Å². The second-order valence-corrected chi connectivity index (χ2v) is 7.95. The van der Waals surface area contributed by atoms with Crippen molar-refractivity contribution in [3.05, 3.63) is 30.1 Å². The van der Waals surface area contributed by atoms with Crippen molar-refractivity contribution in [1.29, 1.82) is 0 Å². The lowest BCUT2D eigenvalue weighted by Crippen LogP contribution is -2.57. The molecule has 1 fully saturated rings. The number of halogens is 1. The maximum atomic E-state index is 12.9. The lowest BCUT2D eigenvalue weighted by Gasteiger charge is -2.41. The van der Waals surface area contributed by atoms with Crippen LogP contribution in [0.2, 0.25) is 0 Å². The Morgan fingerprint density at radius 3 is 2.14 bits per heavy atom. The van der Waals surface area contributed by atoms with Crippen LogP contribution < -0.4 is 0 Å². The molecule has 0 unspecified atom stereocenters. The number of sulfonamides is 1. The average molecular weight is 314 g/mol. The highest BCUT2D eigenvalue weighted by Gasteiger charge is 2.36. The molecule has 0 aliphatic carbocycles. The van der Waals surface area contributed by atoms with E-state index in [-0.39, 0.29) is 29.4 Å². The molecule has 5 nitrogen and oxygen atoms in total. The fraction of sp³-hybridized carbons (Fsp3) is 0.500. The maximum Gasteiger partial charge on any atom is 0.243 e. The minimum absolute atomic E-state index is 0.000841. The van der Waals surface area contributed by atoms with Gasteiger partial charge in [-0.15, -0.1) is 0 Å². The fourth-order valence-electron chi connectivity index (χ4n) is 2.32. The molecule has 1 aromatic rings. The molecule has 0 radical (unpaired) electrons. The van der Waals surface area contributed by atoms with Gasteiger partial charge in [-0.3, -0.25) is 4.79 Å². The zero-order valence-corrected chi connectivity index (χ0v) is 13.2. The Labute approximate surface area is 124 Å². The fourth-order valence-corrected chi connectivity index (χ4v) is 3.70. The molecule has 2 rings (SSSR count). The third-order valence-corrected chi connectivity index (χ3v) is 5.31. The third kappa shape index (κ3) is 3.24. The van der Waals surface area contributed by atoms with Crippen LogP contribution in [0.3, 0.4) is 0 Å². The summed E-state index contributed by atoms with van der Waals surface area (Å²) in [4.78, 5) is 13.8. The van der Waals surface area contributed by atoms with E-state index in [9.17, 15) is 17.6 Å². The van der Waals surface area contributed by atoms with Crippen molar-refractivity contribution in [3.8, 4) is 0 Å². The number of hydrogen-bond donors (Lipinski definition) is 0. The predicted molar refractivity (Wildman–Crippen MR) is 76.6 cm³/mol. The van der Waals surface area contributed by atoms with Crippen LogP contribution in [0.5, 0.6) is 0 Å². The molecule has 0 bridgehead atoms. The van der Waals surface area contributed by atoms with Gasteiger partial charge in [0.15, 0.2) is 0 Å². The minimum atomic E-state index is -3.76. The van der Waals surface area contributed by atoms with Gasteiger partial charge in [-0.25, -0.2) is 12.8 Å². The molecule has 0 saturated carbocycles. The molecule has 1 amide bonds. The van der Waals surface area contributed by atoms with E-state index >= 15 is 0 Å². The molecule has 7 heteroatoms. The molecule has 0 atom stereocenters. The number of nitrogens with zero attached hydrogens (tertiary/aromatic N) is 2. The summed E-state index contributed by atoms with van der Waals surface area (Å²) in [6, 6.07) is 4.62. The highest BCUT2D eigenvalue weighted by Crippen LogP contribution is 2.22. The molecule has 21 heavy (non-hydrogen) atoms. The van der Waals surface area contributed by atoms with Crippen molar-refractivity contribution in [2.75, 3.05) is 19.6 Å². The highest BCUT2D eigenvalue weighted by molar-refractivity contribution is 7.89. The van der Waals surface area contributed by atoms with Crippen LogP contribution >= 0.6 is 0 Å². The Hall–Kier alpha value is -1.47. The van der Waals surface area contributed by atoms with Crippen LogP contribution in [-0.2, 0) is 14.8 Å². The summed E-state index contributed by atoms with van der Waals surface area (Å²) >= 11 is 0. The SMILES string of the molecule is CC(C)(C)N1CCN(S(=O)(=O)c2ccc(F)cc2)CC1=O. The largest absolute Gasteiger partial charge is 0.335 e. The summed E-state index contributed by atoms with van der Waals surface area (Å²) in [7, 11) is -3.76. The molecule has 0 spiro atoms. The number of carbonyl (C=O) groups is 1. The normalized spacial score (nSPS) is 18.1. The first-order valence-corrected chi connectivity index (χ1v) is 8.12. The zero-order chi connectivity index (χ0) is 15.8. The Morgan fingerprint density at radius 1 is 1.10 bits per heavy atom. The van der Waals surface area contributed by atoms with E-state index in [1.54, 1.807) is 4.90 Å². The van der Waals surface area contributed by atoms with Crippen molar-refractivity contribution >= 4 is 15.9 Å². The molecule has 1 aliphatic rings. The first kappa shape index (κ1) is 15.9. The van der Waals surface area contributed by atoms with E-state index in [1.165, 1.54) is 12.1 Å². The Bertz CT molecular complexity index is 635. The van der Waals surface area contributed by atoms with Crippen LogP contribution in [0.4, 0.5) is 4.39 Å². The third-order valence-electron chi connectivity index (χ3n) is 3.45. The summed E-state index contributed by atoms with van der Waals surface area (Å²) in [5.41, 5.74) is -0.331. The molecular weight excluding hydrogens is 295 g/mol. The monoisotopic (exact) mass is 314 g/mol. The zero-order valence-electron chi connectivity index (χ0n) is 12.3. The van der Waals surface area contributed by atoms with Gasteiger partial charge in [-0.2, -0.15) is 4.31 Å². The smallest absolute Gasteiger partial charge is 0.243 e. The number of carbonyl (C=O) groups excluding carboxylic acids is 1. The molecule has 116 valence electrons. The lowest BCUT2D eigenvalue weighted by atomic mass is 10.1. The van der Waals surface area contributed by atoms with E-state index in [0.717, 1.165) is 16.4 Å². The summed E-state index contributed by atoms with van der Waals surface area (Å²) in [5, 5.41) is 0. The van der Waals surface area contributed by atoms with Gasteiger partial charge in [0.1, 0.15) is 5.82 Å². The standard InChI is InChI=1S/C14H19FN2O3S/c1-14(2,3)17-9-8-16(10-13(17)18)21(19,20)12-6-4-11(15)5-7-12/h4-7H,8-10H2,1-3H3. The van der Waals surface area contributed by atoms with Gasteiger partial charge in [0.2, 0.25) is 15.9 Å². The van der Waals surface area contributed by atoms with Gasteiger partial charge in [0, 0.05) is 18.6 Å². The second kappa shape index (κ2) is 5.38. The van der Waals surface area contributed by atoms with Crippen molar-refractivity contribution < 1.29 is 17.6 Å². The molecule has 1 saturated heterocycles. The molecule has 0 aromatic heterocycles. The van der Waals surface area contributed by atoms with Gasteiger partial charge in [-0.05, 0) is 45.0 Å². The lowest BCUT2D eigenvalue weighted by molar-refractivity contribution is -0.139. The van der Waals surface area contributed by atoms with Gasteiger partial charge in [0.25, 0.3) is 0 Å². The maximum absolute atomic E-state index is 12.9. The number of hydrogen-bond acceptors (Lipinski definition) is 3. The van der Waals surface area contributed by atoms with Crippen LogP contribution in [-0.4, -0.2) is 48.7 Å². The number of rotatable bonds is 2. The first-order valence-electron chi connectivity index (χ1n) is 6.68. The van der Waals surface area contributed by atoms with Gasteiger partial charge < -0.3 is 4.90 Å².